The van der Waals surface area contributed by atoms with Crippen LogP contribution in [0.3, 0.4) is 0 Å². The molecule has 1 aliphatic rings. The molecule has 0 radical (unpaired) electrons. The molecule has 0 aliphatic carbocycles. The van der Waals surface area contributed by atoms with Crippen molar-refractivity contribution in [2.75, 3.05) is 13.1 Å². The lowest BCUT2D eigenvalue weighted by atomic mass is 9.93. The van der Waals surface area contributed by atoms with Gasteiger partial charge in [-0.25, -0.2) is 0 Å². The molecule has 76 valence electrons. The van der Waals surface area contributed by atoms with E-state index in [9.17, 15) is 0 Å². The Bertz CT molecular complexity index is 295. The van der Waals surface area contributed by atoms with Crippen LogP contribution >= 0.6 is 11.6 Å². The van der Waals surface area contributed by atoms with E-state index in [0.717, 1.165) is 36.1 Å². The number of halogens is 1. The van der Waals surface area contributed by atoms with E-state index >= 15 is 0 Å². The molecule has 1 saturated heterocycles. The molecule has 0 spiro atoms. The largest absolute Gasteiger partial charge is 0.317 e. The smallest absolute Gasteiger partial charge is 0.0439 e. The molecule has 1 N–H and O–H groups in total. The van der Waals surface area contributed by atoms with Crippen LogP contribution in [0.4, 0.5) is 0 Å². The number of nitrogens with zero attached hydrogens (tertiary/aromatic N) is 1. The SMILES string of the molecule is Clc1ccnc(CC2CCNCC2)c1. The van der Waals surface area contributed by atoms with Crippen molar-refractivity contribution < 1.29 is 0 Å². The van der Waals surface area contributed by atoms with Crippen molar-refractivity contribution in [1.82, 2.24) is 10.3 Å². The van der Waals surface area contributed by atoms with Crippen molar-refractivity contribution in [2.45, 2.75) is 19.3 Å². The average molecular weight is 211 g/mol. The third-order valence-electron chi connectivity index (χ3n) is 2.74. The van der Waals surface area contributed by atoms with E-state index in [1.54, 1.807) is 6.20 Å². The molecule has 1 aromatic heterocycles. The lowest BCUT2D eigenvalue weighted by Crippen LogP contribution is -2.28. The molecule has 0 aromatic carbocycles. The Labute approximate surface area is 89.7 Å². The van der Waals surface area contributed by atoms with Crippen LogP contribution in [0.5, 0.6) is 0 Å². The fraction of sp³-hybridized carbons (Fsp3) is 0.545. The molecule has 1 fully saturated rings. The van der Waals surface area contributed by atoms with Crippen LogP contribution in [-0.4, -0.2) is 18.1 Å². The van der Waals surface area contributed by atoms with Gasteiger partial charge in [-0.2, -0.15) is 0 Å². The first-order valence-corrected chi connectivity index (χ1v) is 5.53. The van der Waals surface area contributed by atoms with Crippen molar-refractivity contribution >= 4 is 11.6 Å². The van der Waals surface area contributed by atoms with Gasteiger partial charge in [0, 0.05) is 16.9 Å². The summed E-state index contributed by atoms with van der Waals surface area (Å²) in [4.78, 5) is 4.33. The molecule has 0 saturated carbocycles. The average Bonchev–Trinajstić information content (AvgIpc) is 2.19. The van der Waals surface area contributed by atoms with E-state index in [2.05, 4.69) is 10.3 Å². The van der Waals surface area contributed by atoms with Gasteiger partial charge in [0.15, 0.2) is 0 Å². The highest BCUT2D eigenvalue weighted by molar-refractivity contribution is 6.30. The van der Waals surface area contributed by atoms with Crippen LogP contribution in [0.2, 0.25) is 5.02 Å². The monoisotopic (exact) mass is 210 g/mol. The number of aromatic nitrogens is 1. The second-order valence-electron chi connectivity index (χ2n) is 3.86. The molecule has 14 heavy (non-hydrogen) atoms. The number of hydrogen-bond acceptors (Lipinski definition) is 2. The first kappa shape index (κ1) is 9.94. The summed E-state index contributed by atoms with van der Waals surface area (Å²) in [6.07, 6.45) is 5.38. The number of hydrogen-bond donors (Lipinski definition) is 1. The molecule has 2 heterocycles. The standard InChI is InChI=1S/C11H15ClN2/c12-10-3-6-14-11(8-10)7-9-1-4-13-5-2-9/h3,6,8-9,13H,1-2,4-5,7H2. The topological polar surface area (TPSA) is 24.9 Å². The van der Waals surface area contributed by atoms with Gasteiger partial charge in [0.1, 0.15) is 0 Å². The van der Waals surface area contributed by atoms with Crippen LogP contribution in [0, 0.1) is 5.92 Å². The Balaban J connectivity index is 1.95. The fourth-order valence-electron chi connectivity index (χ4n) is 1.94. The van der Waals surface area contributed by atoms with E-state index in [-0.39, 0.29) is 0 Å². The van der Waals surface area contributed by atoms with Gasteiger partial charge in [0.25, 0.3) is 0 Å². The van der Waals surface area contributed by atoms with E-state index in [0.29, 0.717) is 0 Å². The van der Waals surface area contributed by atoms with Crippen molar-refractivity contribution in [3.63, 3.8) is 0 Å². The van der Waals surface area contributed by atoms with Gasteiger partial charge in [-0.3, -0.25) is 4.98 Å². The van der Waals surface area contributed by atoms with Crippen LogP contribution in [0.25, 0.3) is 0 Å². The molecule has 0 atom stereocenters. The van der Waals surface area contributed by atoms with Crippen LogP contribution in [0.1, 0.15) is 18.5 Å². The van der Waals surface area contributed by atoms with E-state index in [1.807, 2.05) is 12.1 Å². The summed E-state index contributed by atoms with van der Waals surface area (Å²) in [5, 5.41) is 4.16. The van der Waals surface area contributed by atoms with E-state index in [4.69, 9.17) is 11.6 Å². The van der Waals surface area contributed by atoms with E-state index < -0.39 is 0 Å². The number of rotatable bonds is 2. The molecule has 0 unspecified atom stereocenters. The normalized spacial score (nSPS) is 18.4. The summed E-state index contributed by atoms with van der Waals surface area (Å²) >= 11 is 5.91. The molecule has 0 amide bonds. The van der Waals surface area contributed by atoms with Gasteiger partial charge in [-0.05, 0) is 50.4 Å². The molecule has 3 heteroatoms. The van der Waals surface area contributed by atoms with Crippen molar-refractivity contribution in [2.24, 2.45) is 5.92 Å². The maximum Gasteiger partial charge on any atom is 0.0439 e. The molecule has 2 rings (SSSR count). The summed E-state index contributed by atoms with van der Waals surface area (Å²) in [7, 11) is 0. The zero-order valence-corrected chi connectivity index (χ0v) is 8.93. The summed E-state index contributed by atoms with van der Waals surface area (Å²) < 4.78 is 0. The Morgan fingerprint density at radius 3 is 2.93 bits per heavy atom. The number of pyridine rings is 1. The minimum Gasteiger partial charge on any atom is -0.317 e. The Kier molecular flexibility index (Phi) is 3.38. The summed E-state index contributed by atoms with van der Waals surface area (Å²) in [6, 6.07) is 3.80. The summed E-state index contributed by atoms with van der Waals surface area (Å²) in [5.74, 6) is 0.780. The Hall–Kier alpha value is -0.600. The minimum absolute atomic E-state index is 0.780. The predicted molar refractivity (Wildman–Crippen MR) is 58.5 cm³/mol. The fourth-order valence-corrected chi connectivity index (χ4v) is 2.12. The van der Waals surface area contributed by atoms with Gasteiger partial charge < -0.3 is 5.32 Å². The van der Waals surface area contributed by atoms with Gasteiger partial charge in [-0.15, -0.1) is 0 Å². The quantitative estimate of drug-likeness (QED) is 0.810. The maximum absolute atomic E-state index is 5.91. The summed E-state index contributed by atoms with van der Waals surface area (Å²) in [5.41, 5.74) is 1.13. The van der Waals surface area contributed by atoms with Crippen LogP contribution < -0.4 is 5.32 Å². The second-order valence-corrected chi connectivity index (χ2v) is 4.30. The molecule has 2 nitrogen and oxygen atoms in total. The highest BCUT2D eigenvalue weighted by Gasteiger charge is 2.13. The maximum atomic E-state index is 5.91. The van der Waals surface area contributed by atoms with Gasteiger partial charge in [-0.1, -0.05) is 11.6 Å². The zero-order chi connectivity index (χ0) is 9.80. The van der Waals surface area contributed by atoms with Gasteiger partial charge >= 0.3 is 0 Å². The molecule has 1 aliphatic heterocycles. The Morgan fingerprint density at radius 1 is 1.43 bits per heavy atom. The lowest BCUT2D eigenvalue weighted by Gasteiger charge is -2.22. The zero-order valence-electron chi connectivity index (χ0n) is 8.17. The third-order valence-corrected chi connectivity index (χ3v) is 2.97. The van der Waals surface area contributed by atoms with Crippen LogP contribution in [0.15, 0.2) is 18.3 Å². The first-order valence-electron chi connectivity index (χ1n) is 5.16. The van der Waals surface area contributed by atoms with Gasteiger partial charge in [0.05, 0.1) is 0 Å². The van der Waals surface area contributed by atoms with Crippen LogP contribution in [-0.2, 0) is 6.42 Å². The summed E-state index contributed by atoms with van der Waals surface area (Å²) in [6.45, 7) is 2.29. The molecule has 1 aromatic rings. The predicted octanol–water partition coefficient (Wildman–Crippen LogP) is 2.28. The highest BCUT2D eigenvalue weighted by atomic mass is 35.5. The second kappa shape index (κ2) is 4.76. The molecular weight excluding hydrogens is 196 g/mol. The van der Waals surface area contributed by atoms with Crippen molar-refractivity contribution in [1.29, 1.82) is 0 Å². The van der Waals surface area contributed by atoms with Crippen molar-refractivity contribution in [3.8, 4) is 0 Å². The van der Waals surface area contributed by atoms with Gasteiger partial charge in [0.2, 0.25) is 0 Å². The van der Waals surface area contributed by atoms with E-state index in [1.165, 1.54) is 12.8 Å². The minimum atomic E-state index is 0.780. The molecular formula is C11H15ClN2. The number of nitrogens with one attached hydrogen (secondary N) is 1. The lowest BCUT2D eigenvalue weighted by molar-refractivity contribution is 0.370. The van der Waals surface area contributed by atoms with Crippen molar-refractivity contribution in [3.05, 3.63) is 29.0 Å². The molecule has 0 bridgehead atoms. The number of piperidine rings is 1. The Morgan fingerprint density at radius 2 is 2.21 bits per heavy atom. The highest BCUT2D eigenvalue weighted by Crippen LogP contribution is 2.18. The third kappa shape index (κ3) is 2.69. The first-order chi connectivity index (χ1) is 6.84.